The largest absolute Gasteiger partial charge is 0.497 e. The lowest BCUT2D eigenvalue weighted by atomic mass is 10.2. The minimum absolute atomic E-state index is 0.231. The summed E-state index contributed by atoms with van der Waals surface area (Å²) in [5, 5.41) is 6.11. The molecule has 1 aromatic carbocycles. The molecule has 2 N–H and O–H groups in total. The highest BCUT2D eigenvalue weighted by Gasteiger charge is 2.21. The average molecular weight is 313 g/mol. The Balaban J connectivity index is 1.70. The van der Waals surface area contributed by atoms with E-state index in [1.807, 2.05) is 6.07 Å². The summed E-state index contributed by atoms with van der Waals surface area (Å²) in [6, 6.07) is 9.32. The van der Waals surface area contributed by atoms with Gasteiger partial charge in [-0.15, -0.1) is 0 Å². The molecule has 0 atom stereocenters. The quantitative estimate of drug-likeness (QED) is 0.858. The molecule has 1 aliphatic rings. The van der Waals surface area contributed by atoms with Gasteiger partial charge in [0.1, 0.15) is 17.3 Å². The monoisotopic (exact) mass is 313 g/mol. The number of hydrogen-bond donors (Lipinski definition) is 2. The van der Waals surface area contributed by atoms with Gasteiger partial charge in [-0.1, -0.05) is 0 Å². The van der Waals surface area contributed by atoms with E-state index in [1.165, 1.54) is 12.8 Å². The topological polar surface area (TPSA) is 72.5 Å². The zero-order valence-corrected chi connectivity index (χ0v) is 13.1. The number of methoxy groups -OCH3 is 2. The second kappa shape index (κ2) is 6.56. The molecule has 0 spiro atoms. The zero-order chi connectivity index (χ0) is 16.2. The standard InChI is InChI=1S/C17H19N3O3/c1-22-14-7-13(8-15(9-14)23-2)20-17(21)11-3-6-16(18-10-11)19-12-4-5-12/h3,6-10,12H,4-5H2,1-2H3,(H,18,19)(H,20,21). The average Bonchev–Trinajstić information content (AvgIpc) is 3.39. The third-order valence-electron chi connectivity index (χ3n) is 3.56. The van der Waals surface area contributed by atoms with Crippen molar-refractivity contribution in [2.45, 2.75) is 18.9 Å². The number of nitrogens with zero attached hydrogens (tertiary/aromatic N) is 1. The summed E-state index contributed by atoms with van der Waals surface area (Å²) in [7, 11) is 3.13. The number of ether oxygens (including phenoxy) is 2. The van der Waals surface area contributed by atoms with E-state index in [-0.39, 0.29) is 5.91 Å². The van der Waals surface area contributed by atoms with Gasteiger partial charge in [-0.25, -0.2) is 4.98 Å². The highest BCUT2D eigenvalue weighted by Crippen LogP contribution is 2.26. The van der Waals surface area contributed by atoms with E-state index in [4.69, 9.17) is 9.47 Å². The molecule has 0 radical (unpaired) electrons. The Labute approximate surface area is 134 Å². The molecule has 0 saturated heterocycles. The zero-order valence-electron chi connectivity index (χ0n) is 13.1. The van der Waals surface area contributed by atoms with Crippen LogP contribution >= 0.6 is 0 Å². The second-order valence-corrected chi connectivity index (χ2v) is 5.41. The number of carbonyl (C=O) groups excluding carboxylic acids is 1. The third kappa shape index (κ3) is 3.91. The molecule has 1 aliphatic carbocycles. The molecular formula is C17H19N3O3. The van der Waals surface area contributed by atoms with Gasteiger partial charge in [0.15, 0.2) is 0 Å². The van der Waals surface area contributed by atoms with Crippen LogP contribution in [0.1, 0.15) is 23.2 Å². The number of pyridine rings is 1. The number of benzene rings is 1. The van der Waals surface area contributed by atoms with E-state index in [2.05, 4.69) is 15.6 Å². The predicted octanol–water partition coefficient (Wildman–Crippen LogP) is 2.93. The van der Waals surface area contributed by atoms with Crippen molar-refractivity contribution >= 4 is 17.4 Å². The molecular weight excluding hydrogens is 294 g/mol. The number of amides is 1. The molecule has 0 aliphatic heterocycles. The summed E-state index contributed by atoms with van der Waals surface area (Å²) in [6.45, 7) is 0. The van der Waals surface area contributed by atoms with Gasteiger partial charge in [0.2, 0.25) is 0 Å². The van der Waals surface area contributed by atoms with Gasteiger partial charge in [0, 0.05) is 36.1 Å². The van der Waals surface area contributed by atoms with Crippen molar-refractivity contribution in [1.82, 2.24) is 4.98 Å². The van der Waals surface area contributed by atoms with Gasteiger partial charge in [0.05, 0.1) is 19.8 Å². The maximum atomic E-state index is 12.3. The lowest BCUT2D eigenvalue weighted by molar-refractivity contribution is 0.102. The van der Waals surface area contributed by atoms with Crippen molar-refractivity contribution in [3.05, 3.63) is 42.1 Å². The Morgan fingerprint density at radius 2 is 1.83 bits per heavy atom. The Kier molecular flexibility index (Phi) is 4.32. The van der Waals surface area contributed by atoms with Crippen molar-refractivity contribution < 1.29 is 14.3 Å². The lowest BCUT2D eigenvalue weighted by Gasteiger charge is -2.10. The lowest BCUT2D eigenvalue weighted by Crippen LogP contribution is -2.13. The van der Waals surface area contributed by atoms with Gasteiger partial charge in [-0.2, -0.15) is 0 Å². The minimum Gasteiger partial charge on any atom is -0.497 e. The Bertz CT molecular complexity index is 674. The van der Waals surface area contributed by atoms with Crippen LogP contribution in [0.4, 0.5) is 11.5 Å². The first-order valence-corrected chi connectivity index (χ1v) is 7.45. The fraction of sp³-hybridized carbons (Fsp3) is 0.294. The van der Waals surface area contributed by atoms with E-state index >= 15 is 0 Å². The molecule has 2 aromatic rings. The summed E-state index contributed by atoms with van der Waals surface area (Å²) in [4.78, 5) is 16.6. The van der Waals surface area contributed by atoms with Gasteiger partial charge in [0.25, 0.3) is 5.91 Å². The molecule has 6 heteroatoms. The van der Waals surface area contributed by atoms with E-state index in [9.17, 15) is 4.79 Å². The van der Waals surface area contributed by atoms with Gasteiger partial charge < -0.3 is 20.1 Å². The Morgan fingerprint density at radius 3 is 2.35 bits per heavy atom. The predicted molar refractivity (Wildman–Crippen MR) is 88.4 cm³/mol. The van der Waals surface area contributed by atoms with Crippen LogP contribution in [0, 0.1) is 0 Å². The summed E-state index contributed by atoms with van der Waals surface area (Å²) in [5.74, 6) is 1.79. The number of aromatic nitrogens is 1. The number of hydrogen-bond acceptors (Lipinski definition) is 5. The maximum Gasteiger partial charge on any atom is 0.257 e. The van der Waals surface area contributed by atoms with Crippen LogP contribution in [0.2, 0.25) is 0 Å². The first-order chi connectivity index (χ1) is 11.2. The third-order valence-corrected chi connectivity index (χ3v) is 3.56. The molecule has 1 heterocycles. The molecule has 1 amide bonds. The smallest absolute Gasteiger partial charge is 0.257 e. The minimum atomic E-state index is -0.231. The van der Waals surface area contributed by atoms with Crippen LogP contribution in [-0.2, 0) is 0 Å². The summed E-state index contributed by atoms with van der Waals surface area (Å²) < 4.78 is 10.4. The van der Waals surface area contributed by atoms with E-state index in [0.29, 0.717) is 28.8 Å². The van der Waals surface area contributed by atoms with Gasteiger partial charge >= 0.3 is 0 Å². The highest BCUT2D eigenvalue weighted by molar-refractivity contribution is 6.04. The summed E-state index contributed by atoms with van der Waals surface area (Å²) in [5.41, 5.74) is 1.10. The first kappa shape index (κ1) is 15.1. The Hall–Kier alpha value is -2.76. The van der Waals surface area contributed by atoms with Crippen molar-refractivity contribution in [1.29, 1.82) is 0 Å². The fourth-order valence-electron chi connectivity index (χ4n) is 2.13. The van der Waals surface area contributed by atoms with Crippen LogP contribution in [-0.4, -0.2) is 31.2 Å². The van der Waals surface area contributed by atoms with Crippen LogP contribution in [0.5, 0.6) is 11.5 Å². The van der Waals surface area contributed by atoms with Crippen LogP contribution in [0.3, 0.4) is 0 Å². The van der Waals surface area contributed by atoms with Crippen LogP contribution < -0.4 is 20.1 Å². The number of carbonyl (C=O) groups is 1. The van der Waals surface area contributed by atoms with Crippen molar-refractivity contribution in [2.75, 3.05) is 24.9 Å². The number of nitrogens with one attached hydrogen (secondary N) is 2. The molecule has 1 aromatic heterocycles. The summed E-state index contributed by atoms with van der Waals surface area (Å²) >= 11 is 0. The molecule has 120 valence electrons. The van der Waals surface area contributed by atoms with Crippen molar-refractivity contribution in [3.8, 4) is 11.5 Å². The summed E-state index contributed by atoms with van der Waals surface area (Å²) in [6.07, 6.45) is 3.93. The molecule has 3 rings (SSSR count). The highest BCUT2D eigenvalue weighted by atomic mass is 16.5. The first-order valence-electron chi connectivity index (χ1n) is 7.45. The molecule has 0 bridgehead atoms. The van der Waals surface area contributed by atoms with Crippen molar-refractivity contribution in [3.63, 3.8) is 0 Å². The number of anilines is 2. The van der Waals surface area contributed by atoms with Crippen LogP contribution in [0.15, 0.2) is 36.5 Å². The maximum absolute atomic E-state index is 12.3. The van der Waals surface area contributed by atoms with Gasteiger partial charge in [-0.3, -0.25) is 4.79 Å². The molecule has 0 unspecified atom stereocenters. The number of rotatable bonds is 6. The van der Waals surface area contributed by atoms with Crippen molar-refractivity contribution in [2.24, 2.45) is 0 Å². The van der Waals surface area contributed by atoms with E-state index in [1.54, 1.807) is 44.7 Å². The molecule has 6 nitrogen and oxygen atoms in total. The SMILES string of the molecule is COc1cc(NC(=O)c2ccc(NC3CC3)nc2)cc(OC)c1. The molecule has 1 saturated carbocycles. The van der Waals surface area contributed by atoms with Crippen LogP contribution in [0.25, 0.3) is 0 Å². The van der Waals surface area contributed by atoms with E-state index < -0.39 is 0 Å². The normalized spacial score (nSPS) is 13.3. The van der Waals surface area contributed by atoms with E-state index in [0.717, 1.165) is 5.82 Å². The molecule has 1 fully saturated rings. The fourth-order valence-corrected chi connectivity index (χ4v) is 2.13. The second-order valence-electron chi connectivity index (χ2n) is 5.41. The van der Waals surface area contributed by atoms with Gasteiger partial charge in [-0.05, 0) is 25.0 Å². The molecule has 23 heavy (non-hydrogen) atoms. The Morgan fingerprint density at radius 1 is 1.13 bits per heavy atom.